The molecule has 0 saturated carbocycles. The van der Waals surface area contributed by atoms with Crippen LogP contribution in [0.25, 0.3) is 6.08 Å². The second-order valence-corrected chi connectivity index (χ2v) is 12.3. The lowest BCUT2D eigenvalue weighted by Crippen LogP contribution is -2.56. The maximum absolute atomic E-state index is 13.0. The molecule has 35 heavy (non-hydrogen) atoms. The molecule has 192 valence electrons. The first kappa shape index (κ1) is 26.1. The number of rotatable bonds is 8. The van der Waals surface area contributed by atoms with Crippen LogP contribution in [-0.4, -0.2) is 85.8 Å². The Hall–Kier alpha value is -1.99. The fraction of sp³-hybridized carbons (Fsp3) is 0.591. The molecule has 0 aromatic carbocycles. The predicted octanol–water partition coefficient (Wildman–Crippen LogP) is 1.40. The molecule has 0 aliphatic carbocycles. The molecule has 0 spiro atoms. The highest BCUT2D eigenvalue weighted by atomic mass is 35.5. The maximum atomic E-state index is 13.0. The Balaban J connectivity index is 1.33. The molecule has 13 heteroatoms. The van der Waals surface area contributed by atoms with Gasteiger partial charge in [0, 0.05) is 36.5 Å². The van der Waals surface area contributed by atoms with Gasteiger partial charge in [0.25, 0.3) is 5.91 Å². The lowest BCUT2D eigenvalue weighted by molar-refractivity contribution is -0.146. The van der Waals surface area contributed by atoms with E-state index in [0.29, 0.717) is 41.6 Å². The van der Waals surface area contributed by atoms with Crippen LogP contribution in [0.4, 0.5) is 0 Å². The second-order valence-electron chi connectivity index (χ2n) is 8.98. The Morgan fingerprint density at radius 1 is 1.09 bits per heavy atom. The van der Waals surface area contributed by atoms with Crippen LogP contribution >= 0.6 is 22.9 Å². The zero-order valence-electron chi connectivity index (χ0n) is 19.3. The van der Waals surface area contributed by atoms with E-state index in [0.717, 1.165) is 37.8 Å². The molecule has 4 rings (SSSR count). The van der Waals surface area contributed by atoms with Crippen LogP contribution in [0.1, 0.15) is 43.4 Å². The Morgan fingerprint density at radius 3 is 2.54 bits per heavy atom. The molecule has 3 amide bonds. The van der Waals surface area contributed by atoms with E-state index in [2.05, 4.69) is 10.1 Å². The van der Waals surface area contributed by atoms with Gasteiger partial charge in [-0.25, -0.2) is 13.4 Å². The van der Waals surface area contributed by atoms with Crippen molar-refractivity contribution in [2.24, 2.45) is 0 Å². The van der Waals surface area contributed by atoms with Gasteiger partial charge in [-0.05, 0) is 56.7 Å². The van der Waals surface area contributed by atoms with Gasteiger partial charge < -0.3 is 9.80 Å². The first-order valence-electron chi connectivity index (χ1n) is 11.8. The van der Waals surface area contributed by atoms with Crippen LogP contribution in [0, 0.1) is 0 Å². The number of hydrogen-bond donors (Lipinski definition) is 2. The minimum absolute atomic E-state index is 0.173. The number of thiophene rings is 1. The van der Waals surface area contributed by atoms with Crippen molar-refractivity contribution in [3.8, 4) is 0 Å². The summed E-state index contributed by atoms with van der Waals surface area (Å²) in [4.78, 5) is 42.4. The third-order valence-electron chi connectivity index (χ3n) is 6.42. The fourth-order valence-corrected chi connectivity index (χ4v) is 6.74. The largest absolute Gasteiger partial charge is 0.332 e. The van der Waals surface area contributed by atoms with Crippen LogP contribution in [-0.2, 0) is 24.4 Å². The van der Waals surface area contributed by atoms with Crippen LogP contribution in [0.5, 0.6) is 0 Å². The maximum Gasteiger partial charge on any atom is 0.257 e. The van der Waals surface area contributed by atoms with E-state index in [9.17, 15) is 22.8 Å². The van der Waals surface area contributed by atoms with E-state index in [1.165, 1.54) is 22.3 Å². The van der Waals surface area contributed by atoms with Crippen molar-refractivity contribution >= 4 is 56.8 Å². The number of nitrogens with zero attached hydrogens (tertiary/aromatic N) is 3. The van der Waals surface area contributed by atoms with Crippen LogP contribution in [0.3, 0.4) is 0 Å². The molecule has 3 fully saturated rings. The summed E-state index contributed by atoms with van der Waals surface area (Å²) in [5, 5.41) is 2.90. The Kier molecular flexibility index (Phi) is 8.48. The van der Waals surface area contributed by atoms with Crippen LogP contribution in [0.15, 0.2) is 17.5 Å². The van der Waals surface area contributed by atoms with Crippen molar-refractivity contribution in [3.63, 3.8) is 0 Å². The third-order valence-corrected chi connectivity index (χ3v) is 8.72. The van der Waals surface area contributed by atoms with Gasteiger partial charge in [0.05, 0.1) is 10.9 Å². The van der Waals surface area contributed by atoms with Gasteiger partial charge in [-0.3, -0.25) is 19.8 Å². The van der Waals surface area contributed by atoms with E-state index in [-0.39, 0.29) is 18.4 Å². The standard InChI is InChI=1S/C22H30ClN5O5S2/c23-19-8-7-16(34-19)9-14-35(32,33)25-17-5-3-10-26(22(17)31)15-20(29)28-13-4-6-18(28)21(30)24-27-11-1-2-12-27/h7-9,14,17-18,25H,1-6,10-13,15H2,(H,24,30)/t17-,18-/m0/s1. The summed E-state index contributed by atoms with van der Waals surface area (Å²) >= 11 is 7.11. The summed E-state index contributed by atoms with van der Waals surface area (Å²) < 4.78 is 28.0. The third kappa shape index (κ3) is 6.82. The van der Waals surface area contributed by atoms with Gasteiger partial charge in [0.15, 0.2) is 0 Å². The first-order chi connectivity index (χ1) is 16.7. The highest BCUT2D eigenvalue weighted by Crippen LogP contribution is 2.23. The summed E-state index contributed by atoms with van der Waals surface area (Å²) in [6.45, 7) is 2.27. The topological polar surface area (TPSA) is 119 Å². The van der Waals surface area contributed by atoms with Crippen molar-refractivity contribution in [1.82, 2.24) is 25.0 Å². The molecule has 0 radical (unpaired) electrons. The SMILES string of the molecule is O=C(NN1CCCC1)[C@@H]1CCCN1C(=O)CN1CCC[C@H](NS(=O)(=O)C=Cc2ccc(Cl)s2)C1=O. The van der Waals surface area contributed by atoms with Gasteiger partial charge in [-0.1, -0.05) is 11.6 Å². The van der Waals surface area contributed by atoms with Crippen molar-refractivity contribution in [2.45, 2.75) is 50.6 Å². The van der Waals surface area contributed by atoms with E-state index in [4.69, 9.17) is 11.6 Å². The van der Waals surface area contributed by atoms with Gasteiger partial charge in [0.1, 0.15) is 12.1 Å². The highest BCUT2D eigenvalue weighted by molar-refractivity contribution is 7.92. The Labute approximate surface area is 214 Å². The molecular weight excluding hydrogens is 514 g/mol. The van der Waals surface area contributed by atoms with Gasteiger partial charge in [-0.15, -0.1) is 11.3 Å². The summed E-state index contributed by atoms with van der Waals surface area (Å²) in [5.41, 5.74) is 2.91. The number of piperidine rings is 1. The van der Waals surface area contributed by atoms with Crippen LogP contribution in [0.2, 0.25) is 4.34 Å². The van der Waals surface area contributed by atoms with E-state index in [1.807, 2.05) is 5.01 Å². The average molecular weight is 544 g/mol. The van der Waals surface area contributed by atoms with E-state index >= 15 is 0 Å². The molecule has 1 aromatic heterocycles. The predicted molar refractivity (Wildman–Crippen MR) is 134 cm³/mol. The number of amides is 3. The number of likely N-dealkylation sites (tertiary alicyclic amines) is 2. The minimum Gasteiger partial charge on any atom is -0.332 e. The van der Waals surface area contributed by atoms with E-state index < -0.39 is 28.0 Å². The van der Waals surface area contributed by atoms with Gasteiger partial charge in [-0.2, -0.15) is 4.72 Å². The number of halogens is 1. The van der Waals surface area contributed by atoms with Crippen LogP contribution < -0.4 is 10.1 Å². The number of carbonyl (C=O) groups excluding carboxylic acids is 3. The number of sulfonamides is 1. The average Bonchev–Trinajstić information content (AvgIpc) is 3.57. The smallest absolute Gasteiger partial charge is 0.257 e. The van der Waals surface area contributed by atoms with E-state index in [1.54, 1.807) is 17.0 Å². The van der Waals surface area contributed by atoms with Crippen molar-refractivity contribution in [1.29, 1.82) is 0 Å². The molecule has 2 N–H and O–H groups in total. The quantitative estimate of drug-likeness (QED) is 0.511. The summed E-state index contributed by atoms with van der Waals surface area (Å²) in [6, 6.07) is 1.89. The summed E-state index contributed by atoms with van der Waals surface area (Å²) in [6.07, 6.45) is 5.72. The molecule has 3 aliphatic heterocycles. The highest BCUT2D eigenvalue weighted by Gasteiger charge is 2.38. The zero-order valence-corrected chi connectivity index (χ0v) is 21.7. The zero-order chi connectivity index (χ0) is 25.0. The number of nitrogens with one attached hydrogen (secondary N) is 2. The molecular formula is C22H30ClN5O5S2. The van der Waals surface area contributed by atoms with Gasteiger partial charge in [0.2, 0.25) is 21.8 Å². The number of hydrogen-bond acceptors (Lipinski definition) is 7. The number of carbonyl (C=O) groups is 3. The molecule has 1 aromatic rings. The monoisotopic (exact) mass is 543 g/mol. The molecule has 3 aliphatic rings. The number of hydrazine groups is 1. The minimum atomic E-state index is -3.87. The molecule has 4 heterocycles. The lowest BCUT2D eigenvalue weighted by atomic mass is 10.1. The lowest BCUT2D eigenvalue weighted by Gasteiger charge is -2.34. The van der Waals surface area contributed by atoms with Crippen molar-refractivity contribution in [2.75, 3.05) is 32.7 Å². The summed E-state index contributed by atoms with van der Waals surface area (Å²) in [7, 11) is -3.87. The molecule has 2 atom stereocenters. The van der Waals surface area contributed by atoms with Gasteiger partial charge >= 0.3 is 0 Å². The normalized spacial score (nSPS) is 24.0. The molecule has 0 bridgehead atoms. The fourth-order valence-electron chi connectivity index (χ4n) is 4.67. The first-order valence-corrected chi connectivity index (χ1v) is 14.6. The second kappa shape index (κ2) is 11.4. The Bertz CT molecular complexity index is 1090. The van der Waals surface area contributed by atoms with Crippen molar-refractivity contribution < 1.29 is 22.8 Å². The summed E-state index contributed by atoms with van der Waals surface area (Å²) in [5.74, 6) is -0.916. The molecule has 10 nitrogen and oxygen atoms in total. The van der Waals surface area contributed by atoms with Crippen molar-refractivity contribution in [3.05, 3.63) is 26.8 Å². The Morgan fingerprint density at radius 2 is 1.83 bits per heavy atom. The molecule has 3 saturated heterocycles. The molecule has 0 unspecified atom stereocenters.